The van der Waals surface area contributed by atoms with Gasteiger partial charge in [-0.05, 0) is 45.2 Å². The maximum absolute atomic E-state index is 11.8. The Labute approximate surface area is 108 Å². The van der Waals surface area contributed by atoms with Crippen LogP contribution in [0, 0.1) is 5.92 Å². The van der Waals surface area contributed by atoms with E-state index < -0.39 is 0 Å². The van der Waals surface area contributed by atoms with Gasteiger partial charge in [0.1, 0.15) is 0 Å². The van der Waals surface area contributed by atoms with Crippen molar-refractivity contribution in [3.8, 4) is 0 Å². The molecule has 0 spiro atoms. The van der Waals surface area contributed by atoms with E-state index in [9.17, 15) is 4.79 Å². The summed E-state index contributed by atoms with van der Waals surface area (Å²) in [7, 11) is 0. The summed E-state index contributed by atoms with van der Waals surface area (Å²) in [6.45, 7) is 5.03. The van der Waals surface area contributed by atoms with E-state index in [1.54, 1.807) is 10.9 Å². The monoisotopic (exact) mass is 250 g/mol. The second-order valence-electron chi connectivity index (χ2n) is 4.88. The fraction of sp³-hybridized carbons (Fsp3) is 0.692. The minimum atomic E-state index is 0.0937. The molecule has 2 rings (SSSR count). The van der Waals surface area contributed by atoms with Crippen molar-refractivity contribution in [3.63, 3.8) is 0 Å². The largest absolute Gasteiger partial charge is 0.323 e. The number of amides is 1. The number of nitrogens with zero attached hydrogens (tertiary/aromatic N) is 2. The van der Waals surface area contributed by atoms with E-state index in [0.29, 0.717) is 12.3 Å². The summed E-state index contributed by atoms with van der Waals surface area (Å²) in [6, 6.07) is 0. The molecule has 0 aliphatic carbocycles. The third-order valence-corrected chi connectivity index (χ3v) is 3.42. The third kappa shape index (κ3) is 3.84. The highest BCUT2D eigenvalue weighted by molar-refractivity contribution is 5.90. The zero-order chi connectivity index (χ0) is 12.8. The van der Waals surface area contributed by atoms with Gasteiger partial charge in [-0.15, -0.1) is 0 Å². The second-order valence-corrected chi connectivity index (χ2v) is 4.88. The SMILES string of the molecule is CCn1cc(NC(=O)CCC2CCCNC2)cn1. The molecule has 1 unspecified atom stereocenters. The van der Waals surface area contributed by atoms with Gasteiger partial charge in [0, 0.05) is 19.2 Å². The van der Waals surface area contributed by atoms with E-state index in [1.807, 2.05) is 13.1 Å². The van der Waals surface area contributed by atoms with Crippen molar-refractivity contribution in [1.82, 2.24) is 15.1 Å². The molecule has 2 heterocycles. The Morgan fingerprint density at radius 2 is 2.56 bits per heavy atom. The quantitative estimate of drug-likeness (QED) is 0.835. The predicted octanol–water partition coefficient (Wildman–Crippen LogP) is 1.62. The number of anilines is 1. The van der Waals surface area contributed by atoms with Crippen LogP contribution in [0.2, 0.25) is 0 Å². The first-order valence-electron chi connectivity index (χ1n) is 6.81. The Morgan fingerprint density at radius 1 is 1.67 bits per heavy atom. The lowest BCUT2D eigenvalue weighted by molar-refractivity contribution is -0.116. The van der Waals surface area contributed by atoms with Gasteiger partial charge < -0.3 is 10.6 Å². The normalized spacial score (nSPS) is 19.7. The zero-order valence-electron chi connectivity index (χ0n) is 11.0. The Balaban J connectivity index is 1.71. The average molecular weight is 250 g/mol. The number of hydrogen-bond donors (Lipinski definition) is 2. The van der Waals surface area contributed by atoms with Gasteiger partial charge in [0.15, 0.2) is 0 Å². The van der Waals surface area contributed by atoms with Crippen molar-refractivity contribution in [3.05, 3.63) is 12.4 Å². The van der Waals surface area contributed by atoms with Gasteiger partial charge >= 0.3 is 0 Å². The standard InChI is InChI=1S/C13H22N4O/c1-2-17-10-12(9-15-17)16-13(18)6-5-11-4-3-7-14-8-11/h9-11,14H,2-8H2,1H3,(H,16,18). The number of hydrogen-bond acceptors (Lipinski definition) is 3. The molecule has 5 nitrogen and oxygen atoms in total. The van der Waals surface area contributed by atoms with Crippen LogP contribution in [0.15, 0.2) is 12.4 Å². The van der Waals surface area contributed by atoms with Gasteiger partial charge in [0.2, 0.25) is 5.91 Å². The van der Waals surface area contributed by atoms with Gasteiger partial charge in [0.05, 0.1) is 11.9 Å². The smallest absolute Gasteiger partial charge is 0.224 e. The van der Waals surface area contributed by atoms with Crippen LogP contribution in [-0.4, -0.2) is 28.8 Å². The lowest BCUT2D eigenvalue weighted by Gasteiger charge is -2.22. The van der Waals surface area contributed by atoms with Crippen molar-refractivity contribution in [2.75, 3.05) is 18.4 Å². The van der Waals surface area contributed by atoms with Gasteiger partial charge in [-0.3, -0.25) is 9.48 Å². The number of carbonyl (C=O) groups excluding carboxylic acids is 1. The van der Waals surface area contributed by atoms with Crippen LogP contribution >= 0.6 is 0 Å². The molecule has 1 amide bonds. The van der Waals surface area contributed by atoms with Crippen molar-refractivity contribution < 1.29 is 4.79 Å². The van der Waals surface area contributed by atoms with E-state index in [0.717, 1.165) is 31.7 Å². The molecule has 1 aliphatic rings. The van der Waals surface area contributed by atoms with Crippen molar-refractivity contribution >= 4 is 11.6 Å². The van der Waals surface area contributed by atoms with Crippen LogP contribution in [0.25, 0.3) is 0 Å². The molecule has 100 valence electrons. The van der Waals surface area contributed by atoms with Gasteiger partial charge in [-0.2, -0.15) is 5.10 Å². The fourth-order valence-electron chi connectivity index (χ4n) is 2.33. The molecule has 18 heavy (non-hydrogen) atoms. The summed E-state index contributed by atoms with van der Waals surface area (Å²) >= 11 is 0. The third-order valence-electron chi connectivity index (χ3n) is 3.42. The van der Waals surface area contributed by atoms with Crippen LogP contribution in [0.4, 0.5) is 5.69 Å². The molecule has 0 saturated carbocycles. The lowest BCUT2D eigenvalue weighted by atomic mass is 9.94. The summed E-state index contributed by atoms with van der Waals surface area (Å²) in [6.07, 6.45) is 7.61. The molecule has 1 aliphatic heterocycles. The number of rotatable bonds is 5. The van der Waals surface area contributed by atoms with Crippen molar-refractivity contribution in [2.45, 2.75) is 39.2 Å². The summed E-state index contributed by atoms with van der Waals surface area (Å²) in [4.78, 5) is 11.8. The molecule has 0 bridgehead atoms. The second kappa shape index (κ2) is 6.54. The molecule has 1 aromatic rings. The number of carbonyl (C=O) groups is 1. The highest BCUT2D eigenvalue weighted by Gasteiger charge is 2.14. The van der Waals surface area contributed by atoms with Gasteiger partial charge in [-0.25, -0.2) is 0 Å². The number of aryl methyl sites for hydroxylation is 1. The van der Waals surface area contributed by atoms with Crippen LogP contribution in [-0.2, 0) is 11.3 Å². The zero-order valence-corrected chi connectivity index (χ0v) is 11.0. The molecule has 2 N–H and O–H groups in total. The van der Waals surface area contributed by atoms with E-state index >= 15 is 0 Å². The Kier molecular flexibility index (Phi) is 4.75. The van der Waals surface area contributed by atoms with Crippen LogP contribution in [0.1, 0.15) is 32.6 Å². The maximum atomic E-state index is 11.8. The average Bonchev–Trinajstić information content (AvgIpc) is 2.85. The number of nitrogens with one attached hydrogen (secondary N) is 2. The molecular weight excluding hydrogens is 228 g/mol. The summed E-state index contributed by atoms with van der Waals surface area (Å²) in [5.74, 6) is 0.749. The van der Waals surface area contributed by atoms with E-state index in [-0.39, 0.29) is 5.91 Å². The first kappa shape index (κ1) is 13.1. The Morgan fingerprint density at radius 3 is 3.22 bits per heavy atom. The molecule has 0 radical (unpaired) electrons. The van der Waals surface area contributed by atoms with Crippen LogP contribution in [0.3, 0.4) is 0 Å². The highest BCUT2D eigenvalue weighted by Crippen LogP contribution is 2.16. The summed E-state index contributed by atoms with van der Waals surface area (Å²) in [5, 5.41) is 10.4. The van der Waals surface area contributed by atoms with E-state index in [2.05, 4.69) is 15.7 Å². The number of piperidine rings is 1. The first-order chi connectivity index (χ1) is 8.78. The van der Waals surface area contributed by atoms with Crippen LogP contribution in [0.5, 0.6) is 0 Å². The molecular formula is C13H22N4O. The minimum absolute atomic E-state index is 0.0937. The topological polar surface area (TPSA) is 59.0 Å². The lowest BCUT2D eigenvalue weighted by Crippen LogP contribution is -2.30. The van der Waals surface area contributed by atoms with Gasteiger partial charge in [0.25, 0.3) is 0 Å². The first-order valence-corrected chi connectivity index (χ1v) is 6.81. The highest BCUT2D eigenvalue weighted by atomic mass is 16.1. The van der Waals surface area contributed by atoms with Crippen LogP contribution < -0.4 is 10.6 Å². The maximum Gasteiger partial charge on any atom is 0.224 e. The van der Waals surface area contributed by atoms with Crippen molar-refractivity contribution in [1.29, 1.82) is 0 Å². The Bertz CT molecular complexity index is 382. The predicted molar refractivity (Wildman–Crippen MR) is 71.4 cm³/mol. The molecule has 1 fully saturated rings. The summed E-state index contributed by atoms with van der Waals surface area (Å²) < 4.78 is 1.81. The molecule has 5 heteroatoms. The Hall–Kier alpha value is -1.36. The molecule has 1 aromatic heterocycles. The van der Waals surface area contributed by atoms with E-state index in [1.165, 1.54) is 12.8 Å². The molecule has 0 aromatic carbocycles. The van der Waals surface area contributed by atoms with Gasteiger partial charge in [-0.1, -0.05) is 0 Å². The summed E-state index contributed by atoms with van der Waals surface area (Å²) in [5.41, 5.74) is 0.795. The minimum Gasteiger partial charge on any atom is -0.323 e. The van der Waals surface area contributed by atoms with E-state index in [4.69, 9.17) is 0 Å². The number of aromatic nitrogens is 2. The van der Waals surface area contributed by atoms with Crippen molar-refractivity contribution in [2.24, 2.45) is 5.92 Å². The fourth-order valence-corrected chi connectivity index (χ4v) is 2.33. The molecule has 1 atom stereocenters. The molecule has 1 saturated heterocycles.